The molecule has 2 amide bonds. The number of carbonyl (C=O) groups excluding carboxylic acids is 2. The smallest absolute Gasteiger partial charge is 0.227 e. The van der Waals surface area contributed by atoms with Crippen LogP contribution in [0.4, 0.5) is 0 Å². The van der Waals surface area contributed by atoms with Gasteiger partial charge in [-0.3, -0.25) is 19.8 Å². The maximum atomic E-state index is 11.7. The first-order valence-corrected chi connectivity index (χ1v) is 9.00. The second kappa shape index (κ2) is 6.42. The molecule has 3 rings (SSSR count). The summed E-state index contributed by atoms with van der Waals surface area (Å²) in [6.07, 6.45) is 5.00. The van der Waals surface area contributed by atoms with Gasteiger partial charge < -0.3 is 0 Å². The number of rotatable bonds is 3. The molecule has 4 nitrogen and oxygen atoms in total. The lowest BCUT2D eigenvalue weighted by Crippen LogP contribution is -2.49. The van der Waals surface area contributed by atoms with Gasteiger partial charge in [-0.15, -0.1) is 11.8 Å². The fourth-order valence-electron chi connectivity index (χ4n) is 3.60. The minimum Gasteiger partial charge on any atom is -0.299 e. The SMILES string of the molecule is CSc1ccccc1CN1CCC2(CC1)CC(=O)NC(=O)C2. The van der Waals surface area contributed by atoms with Crippen molar-refractivity contribution in [2.45, 2.75) is 37.1 Å². The second-order valence-corrected chi connectivity index (χ2v) is 7.26. The highest BCUT2D eigenvalue weighted by Gasteiger charge is 2.41. The van der Waals surface area contributed by atoms with Gasteiger partial charge in [0.1, 0.15) is 0 Å². The highest BCUT2D eigenvalue weighted by atomic mass is 32.2. The van der Waals surface area contributed by atoms with Crippen LogP contribution in [0.3, 0.4) is 0 Å². The van der Waals surface area contributed by atoms with Gasteiger partial charge in [-0.25, -0.2) is 0 Å². The third kappa shape index (κ3) is 3.36. The van der Waals surface area contributed by atoms with Crippen LogP contribution in [0, 0.1) is 5.41 Å². The normalized spacial score (nSPS) is 21.9. The Morgan fingerprint density at radius 1 is 1.14 bits per heavy atom. The van der Waals surface area contributed by atoms with E-state index in [2.05, 4.69) is 40.7 Å². The third-order valence-corrected chi connectivity index (χ3v) is 5.69. The fraction of sp³-hybridized carbons (Fsp3) is 0.529. The van der Waals surface area contributed by atoms with Crippen molar-refractivity contribution < 1.29 is 9.59 Å². The highest BCUT2D eigenvalue weighted by Crippen LogP contribution is 2.40. The molecule has 2 aliphatic heterocycles. The van der Waals surface area contributed by atoms with Crippen LogP contribution in [0.25, 0.3) is 0 Å². The zero-order chi connectivity index (χ0) is 15.6. The number of benzene rings is 1. The number of imide groups is 1. The molecule has 1 aromatic rings. The molecule has 1 spiro atoms. The lowest BCUT2D eigenvalue weighted by molar-refractivity contribution is -0.139. The molecule has 1 N–H and O–H groups in total. The highest BCUT2D eigenvalue weighted by molar-refractivity contribution is 7.98. The lowest BCUT2D eigenvalue weighted by atomic mass is 9.71. The Balaban J connectivity index is 1.62. The van der Waals surface area contributed by atoms with E-state index in [1.54, 1.807) is 11.8 Å². The Morgan fingerprint density at radius 3 is 2.41 bits per heavy atom. The van der Waals surface area contributed by atoms with Gasteiger partial charge in [-0.1, -0.05) is 18.2 Å². The van der Waals surface area contributed by atoms with E-state index in [9.17, 15) is 9.59 Å². The number of piperidine rings is 2. The summed E-state index contributed by atoms with van der Waals surface area (Å²) in [6.45, 7) is 2.87. The number of nitrogens with one attached hydrogen (secondary N) is 1. The van der Waals surface area contributed by atoms with E-state index in [0.29, 0.717) is 12.8 Å². The minimum absolute atomic E-state index is 0.0884. The summed E-state index contributed by atoms with van der Waals surface area (Å²) in [6, 6.07) is 8.51. The van der Waals surface area contributed by atoms with E-state index in [-0.39, 0.29) is 17.2 Å². The van der Waals surface area contributed by atoms with Crippen LogP contribution < -0.4 is 5.32 Å². The van der Waals surface area contributed by atoms with Crippen LogP contribution in [0.15, 0.2) is 29.2 Å². The van der Waals surface area contributed by atoms with Gasteiger partial charge in [0.05, 0.1) is 0 Å². The molecule has 0 bridgehead atoms. The van der Waals surface area contributed by atoms with Gasteiger partial charge >= 0.3 is 0 Å². The van der Waals surface area contributed by atoms with Crippen LogP contribution in [-0.4, -0.2) is 36.1 Å². The number of nitrogens with zero attached hydrogens (tertiary/aromatic N) is 1. The molecule has 0 radical (unpaired) electrons. The molecule has 2 saturated heterocycles. The van der Waals surface area contributed by atoms with Gasteiger partial charge in [0.15, 0.2) is 0 Å². The first-order valence-electron chi connectivity index (χ1n) is 7.77. The monoisotopic (exact) mass is 318 g/mol. The quantitative estimate of drug-likeness (QED) is 0.687. The van der Waals surface area contributed by atoms with Crippen molar-refractivity contribution >= 4 is 23.6 Å². The van der Waals surface area contributed by atoms with E-state index in [0.717, 1.165) is 32.5 Å². The van der Waals surface area contributed by atoms with Crippen molar-refractivity contribution in [3.63, 3.8) is 0 Å². The van der Waals surface area contributed by atoms with E-state index in [1.807, 2.05) is 0 Å². The maximum absolute atomic E-state index is 11.7. The van der Waals surface area contributed by atoms with Gasteiger partial charge in [-0.2, -0.15) is 0 Å². The Bertz CT molecular complexity index is 562. The van der Waals surface area contributed by atoms with Crippen molar-refractivity contribution in [3.8, 4) is 0 Å². The Kier molecular flexibility index (Phi) is 4.54. The van der Waals surface area contributed by atoms with E-state index in [1.165, 1.54) is 10.5 Å². The van der Waals surface area contributed by atoms with Crippen molar-refractivity contribution in [1.82, 2.24) is 10.2 Å². The Morgan fingerprint density at radius 2 is 1.77 bits per heavy atom. The van der Waals surface area contributed by atoms with Crippen molar-refractivity contribution in [3.05, 3.63) is 29.8 Å². The predicted molar refractivity (Wildman–Crippen MR) is 87.6 cm³/mol. The molecule has 22 heavy (non-hydrogen) atoms. The standard InChI is InChI=1S/C17H22N2O2S/c1-22-14-5-3-2-4-13(14)12-19-8-6-17(7-9-19)10-15(20)18-16(21)11-17/h2-5H,6-12H2,1H3,(H,18,20,21). The van der Waals surface area contributed by atoms with Crippen molar-refractivity contribution in [2.24, 2.45) is 5.41 Å². The molecule has 1 aromatic carbocycles. The number of carbonyl (C=O) groups is 2. The average Bonchev–Trinajstić information content (AvgIpc) is 2.49. The Hall–Kier alpha value is -1.33. The van der Waals surface area contributed by atoms with Gasteiger partial charge in [0, 0.05) is 24.3 Å². The van der Waals surface area contributed by atoms with Gasteiger partial charge in [0.2, 0.25) is 11.8 Å². The first kappa shape index (κ1) is 15.6. The van der Waals surface area contributed by atoms with Crippen LogP contribution >= 0.6 is 11.8 Å². The minimum atomic E-state index is -0.0996. The molecule has 0 saturated carbocycles. The predicted octanol–water partition coefficient (Wildman–Crippen LogP) is 2.43. The Labute approximate surface area is 135 Å². The van der Waals surface area contributed by atoms with Crippen molar-refractivity contribution in [2.75, 3.05) is 19.3 Å². The summed E-state index contributed by atoms with van der Waals surface area (Å²) in [4.78, 5) is 27.1. The van der Waals surface area contributed by atoms with Crippen molar-refractivity contribution in [1.29, 1.82) is 0 Å². The zero-order valence-corrected chi connectivity index (χ0v) is 13.7. The zero-order valence-electron chi connectivity index (χ0n) is 12.9. The summed E-state index contributed by atoms with van der Waals surface area (Å²) in [5.41, 5.74) is 1.28. The molecule has 5 heteroatoms. The summed E-state index contributed by atoms with van der Waals surface area (Å²) >= 11 is 1.78. The average molecular weight is 318 g/mol. The van der Waals surface area contributed by atoms with E-state index >= 15 is 0 Å². The van der Waals surface area contributed by atoms with Crippen LogP contribution in [-0.2, 0) is 16.1 Å². The lowest BCUT2D eigenvalue weighted by Gasteiger charge is -2.43. The molecule has 0 atom stereocenters. The molecular formula is C17H22N2O2S. The number of thioether (sulfide) groups is 1. The number of likely N-dealkylation sites (tertiary alicyclic amines) is 1. The summed E-state index contributed by atoms with van der Waals surface area (Å²) in [5, 5.41) is 2.42. The van der Waals surface area contributed by atoms with Crippen LogP contribution in [0.1, 0.15) is 31.2 Å². The van der Waals surface area contributed by atoms with E-state index < -0.39 is 0 Å². The summed E-state index contributed by atoms with van der Waals surface area (Å²) < 4.78 is 0. The summed E-state index contributed by atoms with van der Waals surface area (Å²) in [7, 11) is 0. The van der Waals surface area contributed by atoms with Crippen LogP contribution in [0.5, 0.6) is 0 Å². The van der Waals surface area contributed by atoms with E-state index in [4.69, 9.17) is 0 Å². The topological polar surface area (TPSA) is 49.4 Å². The first-order chi connectivity index (χ1) is 10.6. The summed E-state index contributed by atoms with van der Waals surface area (Å²) in [5.74, 6) is -0.199. The molecule has 2 fully saturated rings. The van der Waals surface area contributed by atoms with Crippen LogP contribution in [0.2, 0.25) is 0 Å². The third-order valence-electron chi connectivity index (χ3n) is 4.85. The second-order valence-electron chi connectivity index (χ2n) is 6.41. The molecule has 0 aliphatic carbocycles. The molecule has 0 aromatic heterocycles. The van der Waals surface area contributed by atoms with Gasteiger partial charge in [-0.05, 0) is 49.2 Å². The molecule has 2 heterocycles. The molecule has 2 aliphatic rings. The largest absolute Gasteiger partial charge is 0.299 e. The fourth-order valence-corrected chi connectivity index (χ4v) is 4.21. The number of amides is 2. The number of hydrogen-bond acceptors (Lipinski definition) is 4. The number of hydrogen-bond donors (Lipinski definition) is 1. The molecule has 118 valence electrons. The molecule has 0 unspecified atom stereocenters. The molecular weight excluding hydrogens is 296 g/mol. The maximum Gasteiger partial charge on any atom is 0.227 e. The van der Waals surface area contributed by atoms with Gasteiger partial charge in [0.25, 0.3) is 0 Å².